The molecular formula is C14H19ClN2. The summed E-state index contributed by atoms with van der Waals surface area (Å²) < 4.78 is 0. The molecule has 1 aliphatic heterocycles. The number of hydrogen-bond acceptors (Lipinski definition) is 2. The summed E-state index contributed by atoms with van der Waals surface area (Å²) >= 11 is 6.16. The SMILES string of the molecule is Clc1ccccc1CNC1C[C@H]2CNC[C@H]2C1. The average molecular weight is 251 g/mol. The summed E-state index contributed by atoms with van der Waals surface area (Å²) in [7, 11) is 0. The van der Waals surface area contributed by atoms with Crippen molar-refractivity contribution in [2.45, 2.75) is 25.4 Å². The number of hydrogen-bond donors (Lipinski definition) is 2. The largest absolute Gasteiger partial charge is 0.316 e. The van der Waals surface area contributed by atoms with Crippen LogP contribution in [0, 0.1) is 11.8 Å². The van der Waals surface area contributed by atoms with Crippen molar-refractivity contribution in [2.24, 2.45) is 11.8 Å². The molecule has 1 aromatic carbocycles. The van der Waals surface area contributed by atoms with Gasteiger partial charge < -0.3 is 10.6 Å². The molecule has 0 amide bonds. The van der Waals surface area contributed by atoms with E-state index in [1.165, 1.54) is 31.5 Å². The van der Waals surface area contributed by atoms with Gasteiger partial charge in [-0.15, -0.1) is 0 Å². The summed E-state index contributed by atoms with van der Waals surface area (Å²) in [6.45, 7) is 3.33. The molecule has 92 valence electrons. The van der Waals surface area contributed by atoms with Gasteiger partial charge in [0.1, 0.15) is 0 Å². The van der Waals surface area contributed by atoms with Gasteiger partial charge in [0.2, 0.25) is 0 Å². The van der Waals surface area contributed by atoms with E-state index in [1.807, 2.05) is 12.1 Å². The quantitative estimate of drug-likeness (QED) is 0.861. The number of halogens is 1. The molecule has 1 saturated heterocycles. The Morgan fingerprint density at radius 1 is 1.18 bits per heavy atom. The molecule has 2 aliphatic rings. The van der Waals surface area contributed by atoms with Crippen LogP contribution in [-0.4, -0.2) is 19.1 Å². The number of benzene rings is 1. The van der Waals surface area contributed by atoms with Gasteiger partial charge >= 0.3 is 0 Å². The first-order valence-corrected chi connectivity index (χ1v) is 6.88. The Labute approximate surface area is 108 Å². The Balaban J connectivity index is 1.54. The first kappa shape index (κ1) is 11.5. The molecule has 2 fully saturated rings. The molecule has 17 heavy (non-hydrogen) atoms. The molecule has 0 aromatic heterocycles. The van der Waals surface area contributed by atoms with Crippen LogP contribution in [0.2, 0.25) is 5.02 Å². The standard InChI is InChI=1S/C14H19ClN2/c15-14-4-2-1-3-10(14)9-17-13-5-11-7-16-8-12(11)6-13/h1-4,11-13,16-17H,5-9H2/t11-,12+,13?. The lowest BCUT2D eigenvalue weighted by molar-refractivity contribution is 0.485. The Morgan fingerprint density at radius 2 is 1.88 bits per heavy atom. The zero-order valence-corrected chi connectivity index (χ0v) is 10.7. The zero-order chi connectivity index (χ0) is 11.7. The lowest BCUT2D eigenvalue weighted by Crippen LogP contribution is -2.28. The summed E-state index contributed by atoms with van der Waals surface area (Å²) in [6.07, 6.45) is 2.64. The van der Waals surface area contributed by atoms with Crippen LogP contribution in [0.5, 0.6) is 0 Å². The summed E-state index contributed by atoms with van der Waals surface area (Å²) in [4.78, 5) is 0. The van der Waals surface area contributed by atoms with Crippen molar-refractivity contribution in [1.82, 2.24) is 10.6 Å². The highest BCUT2D eigenvalue weighted by molar-refractivity contribution is 6.31. The number of fused-ring (bicyclic) bond motifs is 1. The van der Waals surface area contributed by atoms with E-state index < -0.39 is 0 Å². The van der Waals surface area contributed by atoms with Crippen molar-refractivity contribution < 1.29 is 0 Å². The minimum atomic E-state index is 0.684. The molecule has 1 aromatic rings. The highest BCUT2D eigenvalue weighted by atomic mass is 35.5. The van der Waals surface area contributed by atoms with E-state index in [2.05, 4.69) is 22.8 Å². The van der Waals surface area contributed by atoms with Crippen LogP contribution in [0.25, 0.3) is 0 Å². The lowest BCUT2D eigenvalue weighted by atomic mass is 10.0. The minimum Gasteiger partial charge on any atom is -0.316 e. The van der Waals surface area contributed by atoms with E-state index in [-0.39, 0.29) is 0 Å². The highest BCUT2D eigenvalue weighted by Crippen LogP contribution is 2.34. The van der Waals surface area contributed by atoms with Crippen LogP contribution in [0.4, 0.5) is 0 Å². The Morgan fingerprint density at radius 3 is 2.59 bits per heavy atom. The van der Waals surface area contributed by atoms with Gasteiger partial charge in [-0.25, -0.2) is 0 Å². The van der Waals surface area contributed by atoms with Crippen molar-refractivity contribution in [3.05, 3.63) is 34.9 Å². The van der Waals surface area contributed by atoms with Gasteiger partial charge in [0, 0.05) is 17.6 Å². The molecule has 0 radical (unpaired) electrons. The molecule has 0 spiro atoms. The summed E-state index contributed by atoms with van der Waals surface area (Å²) in [5.41, 5.74) is 1.21. The first-order chi connectivity index (χ1) is 8.33. The maximum absolute atomic E-state index is 6.16. The van der Waals surface area contributed by atoms with Gasteiger partial charge in [0.15, 0.2) is 0 Å². The maximum Gasteiger partial charge on any atom is 0.0450 e. The molecule has 3 atom stereocenters. The van der Waals surface area contributed by atoms with Crippen molar-refractivity contribution in [1.29, 1.82) is 0 Å². The fourth-order valence-corrected chi connectivity index (χ4v) is 3.43. The molecule has 0 bridgehead atoms. The van der Waals surface area contributed by atoms with Gasteiger partial charge in [-0.1, -0.05) is 29.8 Å². The monoisotopic (exact) mass is 250 g/mol. The van der Waals surface area contributed by atoms with Crippen LogP contribution >= 0.6 is 11.6 Å². The molecule has 3 rings (SSSR count). The predicted molar refractivity (Wildman–Crippen MR) is 71.2 cm³/mol. The second-order valence-electron chi connectivity index (χ2n) is 5.32. The normalized spacial score (nSPS) is 31.7. The lowest BCUT2D eigenvalue weighted by Gasteiger charge is -2.14. The summed E-state index contributed by atoms with van der Waals surface area (Å²) in [5.74, 6) is 1.80. The first-order valence-electron chi connectivity index (χ1n) is 6.50. The van der Waals surface area contributed by atoms with Crippen molar-refractivity contribution >= 4 is 11.6 Å². The van der Waals surface area contributed by atoms with Crippen LogP contribution in [-0.2, 0) is 6.54 Å². The topological polar surface area (TPSA) is 24.1 Å². The number of nitrogens with one attached hydrogen (secondary N) is 2. The average Bonchev–Trinajstić information content (AvgIpc) is 2.88. The molecule has 1 heterocycles. The Bertz CT molecular complexity index is 382. The predicted octanol–water partition coefficient (Wildman–Crippen LogP) is 2.43. The van der Waals surface area contributed by atoms with E-state index in [1.54, 1.807) is 0 Å². The van der Waals surface area contributed by atoms with Crippen molar-refractivity contribution in [3.63, 3.8) is 0 Å². The van der Waals surface area contributed by atoms with Crippen LogP contribution in [0.3, 0.4) is 0 Å². The second kappa shape index (κ2) is 4.97. The Kier molecular flexibility index (Phi) is 3.37. The molecule has 2 N–H and O–H groups in total. The van der Waals surface area contributed by atoms with Crippen LogP contribution in [0.1, 0.15) is 18.4 Å². The van der Waals surface area contributed by atoms with E-state index in [0.29, 0.717) is 6.04 Å². The molecule has 2 nitrogen and oxygen atoms in total. The minimum absolute atomic E-state index is 0.684. The molecule has 1 unspecified atom stereocenters. The molecule has 1 aliphatic carbocycles. The maximum atomic E-state index is 6.16. The highest BCUT2D eigenvalue weighted by Gasteiger charge is 2.36. The van der Waals surface area contributed by atoms with Crippen LogP contribution in [0.15, 0.2) is 24.3 Å². The fraction of sp³-hybridized carbons (Fsp3) is 0.571. The van der Waals surface area contributed by atoms with E-state index in [9.17, 15) is 0 Å². The Hall–Kier alpha value is -0.570. The third-order valence-corrected chi connectivity index (χ3v) is 4.56. The summed E-state index contributed by atoms with van der Waals surface area (Å²) in [6, 6.07) is 8.79. The van der Waals surface area contributed by atoms with E-state index in [0.717, 1.165) is 23.4 Å². The second-order valence-corrected chi connectivity index (χ2v) is 5.73. The van der Waals surface area contributed by atoms with Crippen molar-refractivity contribution in [2.75, 3.05) is 13.1 Å². The molecule has 3 heteroatoms. The fourth-order valence-electron chi connectivity index (χ4n) is 3.23. The molecule has 1 saturated carbocycles. The van der Waals surface area contributed by atoms with Gasteiger partial charge in [-0.05, 0) is 49.4 Å². The van der Waals surface area contributed by atoms with Gasteiger partial charge in [0.25, 0.3) is 0 Å². The number of rotatable bonds is 3. The van der Waals surface area contributed by atoms with Crippen LogP contribution < -0.4 is 10.6 Å². The van der Waals surface area contributed by atoms with E-state index in [4.69, 9.17) is 11.6 Å². The summed E-state index contributed by atoms with van der Waals surface area (Å²) in [5, 5.41) is 8.01. The van der Waals surface area contributed by atoms with Gasteiger partial charge in [0.05, 0.1) is 0 Å². The third-order valence-electron chi connectivity index (χ3n) is 4.19. The smallest absolute Gasteiger partial charge is 0.0450 e. The van der Waals surface area contributed by atoms with Gasteiger partial charge in [-0.2, -0.15) is 0 Å². The third kappa shape index (κ3) is 2.49. The van der Waals surface area contributed by atoms with E-state index >= 15 is 0 Å². The van der Waals surface area contributed by atoms with Crippen molar-refractivity contribution in [3.8, 4) is 0 Å². The zero-order valence-electron chi connectivity index (χ0n) is 9.95. The molecular weight excluding hydrogens is 232 g/mol. The van der Waals surface area contributed by atoms with Gasteiger partial charge in [-0.3, -0.25) is 0 Å².